The van der Waals surface area contributed by atoms with Crippen LogP contribution in [-0.2, 0) is 6.18 Å². The fraction of sp³-hybridized carbons (Fsp3) is 0.353. The van der Waals surface area contributed by atoms with Crippen LogP contribution < -0.4 is 16.0 Å². The van der Waals surface area contributed by atoms with Crippen LogP contribution in [0.3, 0.4) is 0 Å². The van der Waals surface area contributed by atoms with E-state index < -0.39 is 22.8 Å². The number of rotatable bonds is 7. The molecule has 1 aromatic heterocycles. The maximum Gasteiger partial charge on any atom is 0.417 e. The van der Waals surface area contributed by atoms with E-state index in [1.54, 1.807) is 13.0 Å². The van der Waals surface area contributed by atoms with Crippen molar-refractivity contribution >= 4 is 35.1 Å². The lowest BCUT2D eigenvalue weighted by Gasteiger charge is -2.12. The number of alkyl halides is 3. The van der Waals surface area contributed by atoms with E-state index in [1.807, 2.05) is 0 Å². The summed E-state index contributed by atoms with van der Waals surface area (Å²) >= 11 is 5.55. The second kappa shape index (κ2) is 9.56. The molecule has 0 fully saturated rings. The molecule has 0 spiro atoms. The van der Waals surface area contributed by atoms with E-state index in [4.69, 9.17) is 16.7 Å². The smallest absolute Gasteiger partial charge is 0.396 e. The second-order valence-corrected chi connectivity index (χ2v) is 6.25. The Morgan fingerprint density at radius 1 is 1.18 bits per heavy atom. The lowest BCUT2D eigenvalue weighted by Crippen LogP contribution is -2.22. The van der Waals surface area contributed by atoms with Gasteiger partial charge >= 0.3 is 12.2 Å². The molecule has 0 radical (unpaired) electrons. The number of aliphatic hydroxyl groups excluding tert-OH is 1. The molecule has 0 bridgehead atoms. The molecule has 2 aromatic rings. The Morgan fingerprint density at radius 3 is 2.61 bits per heavy atom. The average molecular weight is 418 g/mol. The van der Waals surface area contributed by atoms with Crippen LogP contribution in [-0.4, -0.2) is 34.3 Å². The predicted molar refractivity (Wildman–Crippen MR) is 101 cm³/mol. The van der Waals surface area contributed by atoms with E-state index in [1.165, 1.54) is 6.07 Å². The van der Waals surface area contributed by atoms with Crippen LogP contribution in [0.1, 0.15) is 24.1 Å². The summed E-state index contributed by atoms with van der Waals surface area (Å²) in [6.07, 6.45) is -3.26. The van der Waals surface area contributed by atoms with Crippen molar-refractivity contribution in [1.29, 1.82) is 0 Å². The normalized spacial score (nSPS) is 11.2. The number of carbonyl (C=O) groups is 1. The summed E-state index contributed by atoms with van der Waals surface area (Å²) in [5.74, 6) is 0.471. The van der Waals surface area contributed by atoms with Crippen molar-refractivity contribution in [3.05, 3.63) is 40.5 Å². The minimum Gasteiger partial charge on any atom is -0.396 e. The van der Waals surface area contributed by atoms with Crippen molar-refractivity contribution in [3.8, 4) is 0 Å². The number of unbranched alkanes of at least 4 members (excludes halogenated alkanes) is 1. The molecule has 152 valence electrons. The number of aromatic nitrogens is 2. The van der Waals surface area contributed by atoms with Gasteiger partial charge in [-0.15, -0.1) is 0 Å². The Bertz CT molecular complexity index is 833. The monoisotopic (exact) mass is 417 g/mol. The number of hydrogen-bond acceptors (Lipinski definition) is 5. The van der Waals surface area contributed by atoms with Gasteiger partial charge in [0.25, 0.3) is 0 Å². The summed E-state index contributed by atoms with van der Waals surface area (Å²) in [6.45, 7) is 2.38. The predicted octanol–water partition coefficient (Wildman–Crippen LogP) is 4.29. The highest BCUT2D eigenvalue weighted by Gasteiger charge is 2.33. The van der Waals surface area contributed by atoms with Crippen LogP contribution >= 0.6 is 11.6 Å². The number of hydrogen-bond donors (Lipinski definition) is 4. The molecule has 28 heavy (non-hydrogen) atoms. The largest absolute Gasteiger partial charge is 0.417 e. The van der Waals surface area contributed by atoms with E-state index in [2.05, 4.69) is 25.9 Å². The number of carbonyl (C=O) groups excluding carboxylic acids is 1. The first kappa shape index (κ1) is 21.7. The first-order chi connectivity index (χ1) is 13.2. The molecular formula is C17H19ClF3N5O2. The standard InChI is InChI=1S/C17H19ClF3N5O2/c1-10-8-14(22-6-2-3-7-27)25-15(23-10)26-16(28)24-11-4-5-13(18)12(9-11)17(19,20)21/h4-5,8-9,27H,2-3,6-7H2,1H3,(H3,22,23,24,25,26,28). The number of benzene rings is 1. The van der Waals surface area contributed by atoms with Gasteiger partial charge in [0.05, 0.1) is 10.6 Å². The Morgan fingerprint density at radius 2 is 1.93 bits per heavy atom. The quantitative estimate of drug-likeness (QED) is 0.504. The van der Waals surface area contributed by atoms with E-state index in [9.17, 15) is 18.0 Å². The summed E-state index contributed by atoms with van der Waals surface area (Å²) in [5, 5.41) is 16.0. The maximum absolute atomic E-state index is 12.9. The second-order valence-electron chi connectivity index (χ2n) is 5.85. The molecule has 7 nitrogen and oxygen atoms in total. The fourth-order valence-corrected chi connectivity index (χ4v) is 2.48. The molecule has 0 aliphatic heterocycles. The Hall–Kier alpha value is -2.59. The van der Waals surface area contributed by atoms with Crippen LogP contribution in [0.25, 0.3) is 0 Å². The number of halogens is 4. The summed E-state index contributed by atoms with van der Waals surface area (Å²) in [7, 11) is 0. The zero-order chi connectivity index (χ0) is 20.7. The number of anilines is 3. The van der Waals surface area contributed by atoms with Crippen molar-refractivity contribution in [2.24, 2.45) is 0 Å². The zero-order valence-corrected chi connectivity index (χ0v) is 15.7. The molecule has 4 N–H and O–H groups in total. The molecule has 2 rings (SSSR count). The van der Waals surface area contributed by atoms with Gasteiger partial charge in [-0.2, -0.15) is 18.2 Å². The first-order valence-electron chi connectivity index (χ1n) is 8.34. The van der Waals surface area contributed by atoms with Crippen LogP contribution in [0.2, 0.25) is 5.02 Å². The van der Waals surface area contributed by atoms with Crippen molar-refractivity contribution in [1.82, 2.24) is 9.97 Å². The van der Waals surface area contributed by atoms with Crippen LogP contribution in [0, 0.1) is 6.92 Å². The van der Waals surface area contributed by atoms with Crippen molar-refractivity contribution in [2.45, 2.75) is 25.9 Å². The molecule has 0 atom stereocenters. The first-order valence-corrected chi connectivity index (χ1v) is 8.72. The van der Waals surface area contributed by atoms with Gasteiger partial charge in [-0.1, -0.05) is 11.6 Å². The minimum absolute atomic E-state index is 0.00725. The molecule has 11 heteroatoms. The van der Waals surface area contributed by atoms with Crippen LogP contribution in [0.4, 0.5) is 35.4 Å². The van der Waals surface area contributed by atoms with Gasteiger partial charge in [0.1, 0.15) is 5.82 Å². The summed E-state index contributed by atoms with van der Waals surface area (Å²) in [5.41, 5.74) is -0.543. The topological polar surface area (TPSA) is 99.2 Å². The third kappa shape index (κ3) is 6.54. The highest BCUT2D eigenvalue weighted by Crippen LogP contribution is 2.36. The maximum atomic E-state index is 12.9. The zero-order valence-electron chi connectivity index (χ0n) is 14.9. The molecule has 1 aromatic carbocycles. The lowest BCUT2D eigenvalue weighted by atomic mass is 10.2. The lowest BCUT2D eigenvalue weighted by molar-refractivity contribution is -0.137. The summed E-state index contributed by atoms with van der Waals surface area (Å²) in [4.78, 5) is 20.3. The third-order valence-electron chi connectivity index (χ3n) is 3.50. The van der Waals surface area contributed by atoms with Gasteiger partial charge in [0.2, 0.25) is 5.95 Å². The number of nitrogens with zero attached hydrogens (tertiary/aromatic N) is 2. The van der Waals surface area contributed by atoms with Gasteiger partial charge in [-0.3, -0.25) is 5.32 Å². The number of aryl methyl sites for hydroxylation is 1. The molecular weight excluding hydrogens is 399 g/mol. The highest BCUT2D eigenvalue weighted by molar-refractivity contribution is 6.31. The molecule has 0 aliphatic carbocycles. The van der Waals surface area contributed by atoms with E-state index in [-0.39, 0.29) is 18.2 Å². The molecule has 0 aliphatic rings. The van der Waals surface area contributed by atoms with E-state index in [0.717, 1.165) is 18.6 Å². The van der Waals surface area contributed by atoms with Crippen molar-refractivity contribution in [3.63, 3.8) is 0 Å². The van der Waals surface area contributed by atoms with E-state index in [0.29, 0.717) is 24.5 Å². The SMILES string of the molecule is Cc1cc(NCCCCO)nc(NC(=O)Nc2ccc(Cl)c(C(F)(F)F)c2)n1. The van der Waals surface area contributed by atoms with Gasteiger partial charge in [-0.25, -0.2) is 9.78 Å². The number of amides is 2. The van der Waals surface area contributed by atoms with E-state index >= 15 is 0 Å². The third-order valence-corrected chi connectivity index (χ3v) is 3.83. The Kier molecular flexibility index (Phi) is 7.41. The molecule has 0 saturated carbocycles. The number of nitrogens with one attached hydrogen (secondary N) is 3. The van der Waals surface area contributed by atoms with Crippen LogP contribution in [0.5, 0.6) is 0 Å². The average Bonchev–Trinajstić information content (AvgIpc) is 2.59. The number of aliphatic hydroxyl groups is 1. The van der Waals surface area contributed by atoms with Gasteiger partial charge in [0.15, 0.2) is 0 Å². The van der Waals surface area contributed by atoms with Crippen molar-refractivity contribution in [2.75, 3.05) is 29.1 Å². The Balaban J connectivity index is 2.04. The molecule has 0 saturated heterocycles. The fourth-order valence-electron chi connectivity index (χ4n) is 2.25. The number of urea groups is 1. The highest BCUT2D eigenvalue weighted by atomic mass is 35.5. The van der Waals surface area contributed by atoms with Gasteiger partial charge in [0, 0.05) is 30.6 Å². The van der Waals surface area contributed by atoms with Gasteiger partial charge in [-0.05, 0) is 38.0 Å². The molecule has 1 heterocycles. The summed E-state index contributed by atoms with van der Waals surface area (Å²) in [6, 6.07) is 3.93. The van der Waals surface area contributed by atoms with Crippen LogP contribution in [0.15, 0.2) is 24.3 Å². The van der Waals surface area contributed by atoms with Crippen molar-refractivity contribution < 1.29 is 23.1 Å². The van der Waals surface area contributed by atoms with Gasteiger partial charge < -0.3 is 15.7 Å². The summed E-state index contributed by atoms with van der Waals surface area (Å²) < 4.78 is 38.7. The molecule has 0 unspecified atom stereocenters. The Labute approximate surface area is 164 Å². The molecule has 2 amide bonds. The minimum atomic E-state index is -4.64.